The monoisotopic (exact) mass is 982 g/mol. The van der Waals surface area contributed by atoms with E-state index in [9.17, 15) is 52.7 Å². The number of rotatable bonds is 27. The van der Waals surface area contributed by atoms with Crippen LogP contribution in [0.2, 0.25) is 0 Å². The fourth-order valence-corrected chi connectivity index (χ4v) is 4.90. The van der Waals surface area contributed by atoms with Crippen LogP contribution in [0.4, 0.5) is 0 Å². The molecule has 0 fully saturated rings. The number of carbonyl (C=O) groups excluding carboxylic acids is 11. The molecule has 0 radical (unpaired) electrons. The molecule has 0 rings (SSSR count). The zero-order valence-corrected chi connectivity index (χ0v) is 40.5. The average Bonchev–Trinajstić information content (AvgIpc) is 3.20. The summed E-state index contributed by atoms with van der Waals surface area (Å²) in [7, 11) is 0. The highest BCUT2D eigenvalue weighted by Gasteiger charge is 2.16. The number of amides is 9. The van der Waals surface area contributed by atoms with E-state index in [-0.39, 0.29) is 115 Å². The number of unbranched alkanes of at least 4 members (excludes halogenated alkanes) is 1. The van der Waals surface area contributed by atoms with Crippen LogP contribution < -0.4 is 42.5 Å². The molecule has 1 unspecified atom stereocenters. The lowest BCUT2D eigenvalue weighted by atomic mass is 9.98. The quantitative estimate of drug-likeness (QED) is 0.0240. The summed E-state index contributed by atoms with van der Waals surface area (Å²) in [5, 5.41) is 21.3. The van der Waals surface area contributed by atoms with E-state index in [4.69, 9.17) is 0 Å². The summed E-state index contributed by atoms with van der Waals surface area (Å²) in [5.74, 6) is -0.302. The summed E-state index contributed by atoms with van der Waals surface area (Å²) in [5.41, 5.74) is 0. The van der Waals surface area contributed by atoms with Crippen molar-refractivity contribution in [2.45, 2.75) is 185 Å². The molecule has 0 aromatic carbocycles. The molecular weight excluding hydrogens is 879 g/mol. The van der Waals surface area contributed by atoms with Gasteiger partial charge in [0.2, 0.25) is 54.2 Å². The molecule has 0 spiro atoms. The normalized spacial score (nSPS) is 9.35. The average molecular weight is 982 g/mol. The van der Waals surface area contributed by atoms with Crippen LogP contribution >= 0.6 is 0 Å². The second-order valence-electron chi connectivity index (χ2n) is 14.5. The highest BCUT2D eigenvalue weighted by molar-refractivity contribution is 6.00. The highest BCUT2D eigenvalue weighted by Crippen LogP contribution is 2.05. The Bertz CT molecular complexity index is 1270. The Hall–Kier alpha value is -5.43. The van der Waals surface area contributed by atoms with Crippen LogP contribution in [0.3, 0.4) is 0 Å². The predicted octanol–water partition coefficient (Wildman–Crippen LogP) is 4.78. The molecule has 1 atom stereocenters. The van der Waals surface area contributed by atoms with E-state index in [0.29, 0.717) is 63.7 Å². The molecule has 0 aliphatic carbocycles. The van der Waals surface area contributed by atoms with Gasteiger partial charge in [0.1, 0.15) is 11.6 Å². The van der Waals surface area contributed by atoms with Gasteiger partial charge in [0.05, 0.1) is 19.3 Å². The molecule has 406 valence electrons. The Balaban J connectivity index is -0.0000000767. The fourth-order valence-electron chi connectivity index (χ4n) is 4.90. The lowest BCUT2D eigenvalue weighted by Crippen LogP contribution is -2.46. The minimum atomic E-state index is -0.356. The molecule has 68 heavy (non-hydrogen) atoms. The largest absolute Gasteiger partial charge is 0.358 e. The van der Waals surface area contributed by atoms with Gasteiger partial charge in [0.25, 0.3) is 0 Å². The third kappa shape index (κ3) is 67.2. The van der Waals surface area contributed by atoms with Gasteiger partial charge in [-0.3, -0.25) is 52.7 Å². The highest BCUT2D eigenvalue weighted by atomic mass is 16.2. The number of nitrogens with zero attached hydrogens (tertiary/aromatic N) is 1. The molecule has 0 aliphatic heterocycles. The van der Waals surface area contributed by atoms with Crippen molar-refractivity contribution in [1.29, 1.82) is 0 Å². The molecule has 0 saturated carbocycles. The molecule has 0 bridgehead atoms. The van der Waals surface area contributed by atoms with Gasteiger partial charge in [-0.1, -0.05) is 71.8 Å². The van der Waals surface area contributed by atoms with Gasteiger partial charge in [0.15, 0.2) is 0 Å². The van der Waals surface area contributed by atoms with Crippen molar-refractivity contribution < 1.29 is 52.7 Å². The molecule has 0 saturated heterocycles. The number of nitrogens with one attached hydrogen (secondary N) is 8. The van der Waals surface area contributed by atoms with Crippen LogP contribution in [-0.2, 0) is 52.7 Å². The molecular formula is C48H103N9O11. The molecule has 20 nitrogen and oxygen atoms in total. The summed E-state index contributed by atoms with van der Waals surface area (Å²) in [4.78, 5) is 118. The number of Topliss-reactive ketones (excluding diaryl/α,β-unsaturated/α-hetero) is 2. The first-order valence-electron chi connectivity index (χ1n) is 21.6. The van der Waals surface area contributed by atoms with Crippen LogP contribution in [0.1, 0.15) is 179 Å². The summed E-state index contributed by atoms with van der Waals surface area (Å²) in [6.45, 7) is 24.8. The summed E-state index contributed by atoms with van der Waals surface area (Å²) < 4.78 is 0. The SMILES string of the molecule is C.C.C.C.C.CCC(=O)N(CNC(C)=O)CNC(C)=O.CCC(C(C)=O)C(C)=O.CCC(CCCCNC(C)=O)NC(C)=O.CCC(CNC(C)=O)CNC(C)=O.CCC(CNC=O)CNC=O. The molecule has 0 aliphatic rings. The molecule has 9 amide bonds. The maximum Gasteiger partial charge on any atom is 0.225 e. The van der Waals surface area contributed by atoms with E-state index in [1.54, 1.807) is 13.8 Å². The number of carbonyl (C=O) groups is 11. The second-order valence-corrected chi connectivity index (χ2v) is 14.5. The summed E-state index contributed by atoms with van der Waals surface area (Å²) >= 11 is 0. The first-order chi connectivity index (χ1) is 29.5. The number of hydrogen-bond donors (Lipinski definition) is 8. The van der Waals surface area contributed by atoms with Gasteiger partial charge in [0, 0.05) is 86.7 Å². The lowest BCUT2D eigenvalue weighted by Gasteiger charge is -2.22. The predicted molar refractivity (Wildman–Crippen MR) is 277 cm³/mol. The van der Waals surface area contributed by atoms with Gasteiger partial charge >= 0.3 is 0 Å². The first-order valence-corrected chi connectivity index (χ1v) is 21.6. The summed E-state index contributed by atoms with van der Waals surface area (Å²) in [6.07, 6.45) is 8.13. The van der Waals surface area contributed by atoms with Gasteiger partial charge < -0.3 is 47.4 Å². The lowest BCUT2D eigenvalue weighted by molar-refractivity contribution is -0.134. The molecule has 20 heteroatoms. The van der Waals surface area contributed by atoms with Crippen molar-refractivity contribution in [3.63, 3.8) is 0 Å². The zero-order valence-electron chi connectivity index (χ0n) is 40.5. The topological polar surface area (TPSA) is 287 Å². The zero-order chi connectivity index (χ0) is 49.8. The third-order valence-corrected chi connectivity index (χ3v) is 8.75. The van der Waals surface area contributed by atoms with Gasteiger partial charge in [-0.2, -0.15) is 0 Å². The van der Waals surface area contributed by atoms with Crippen LogP contribution in [0.15, 0.2) is 0 Å². The Morgan fingerprint density at radius 3 is 1.07 bits per heavy atom. The van der Waals surface area contributed by atoms with E-state index in [1.807, 2.05) is 20.8 Å². The minimum Gasteiger partial charge on any atom is -0.358 e. The standard InChI is InChI=1S/C11H22N2O2.C9H17N3O3.C9H18N2O2.C7H14N2O2.C7H12O2.5CH4/c1-4-11(13-10(3)15)7-5-6-8-12-9(2)14;1-4-9(15)12(5-10-7(2)13)6-11-8(3)14;1-4-9(5-10-7(2)12)6-11-8(3)13;1-2-7(3-8-5-10)4-9-6-11;1-4-7(5(2)8)6(3)9;;;;;/h11H,4-8H2,1-3H3,(H,12,14)(H,13,15);4-6H2,1-3H3,(H,10,13)(H,11,14);9H,4-6H2,1-3H3,(H,10,12)(H,11,13);5-7H,2-4H2,1H3,(H,8,10)(H,9,11);7H,4H2,1-3H3;5*1H4. The maximum absolute atomic E-state index is 11.4. The molecule has 0 heterocycles. The van der Waals surface area contributed by atoms with Crippen molar-refractivity contribution in [2.75, 3.05) is 46.1 Å². The van der Waals surface area contributed by atoms with E-state index >= 15 is 0 Å². The number of ketones is 2. The number of hydrogen-bond acceptors (Lipinski definition) is 11. The Labute approximate surface area is 413 Å². The smallest absolute Gasteiger partial charge is 0.225 e. The van der Waals surface area contributed by atoms with E-state index in [1.165, 1.54) is 53.4 Å². The van der Waals surface area contributed by atoms with E-state index in [0.717, 1.165) is 45.1 Å². The molecule has 0 aromatic rings. The minimum absolute atomic E-state index is 0. The Kier molecular flexibility index (Phi) is 75.2. The molecule has 8 N–H and O–H groups in total. The van der Waals surface area contributed by atoms with Crippen molar-refractivity contribution in [2.24, 2.45) is 17.8 Å². The third-order valence-electron chi connectivity index (χ3n) is 8.75. The first kappa shape index (κ1) is 85.8. The van der Waals surface area contributed by atoms with Crippen molar-refractivity contribution in [3.8, 4) is 0 Å². The van der Waals surface area contributed by atoms with Crippen molar-refractivity contribution in [1.82, 2.24) is 47.4 Å². The van der Waals surface area contributed by atoms with Gasteiger partial charge in [-0.25, -0.2) is 0 Å². The van der Waals surface area contributed by atoms with Gasteiger partial charge in [-0.05, 0) is 70.6 Å². The second kappa shape index (κ2) is 59.6. The van der Waals surface area contributed by atoms with Crippen LogP contribution in [-0.4, -0.2) is 123 Å². The van der Waals surface area contributed by atoms with Crippen LogP contribution in [0, 0.1) is 17.8 Å². The summed E-state index contributed by atoms with van der Waals surface area (Å²) in [6, 6.07) is 0.278. The van der Waals surface area contributed by atoms with Crippen LogP contribution in [0.25, 0.3) is 0 Å². The molecule has 0 aromatic heterocycles. The van der Waals surface area contributed by atoms with Crippen molar-refractivity contribution in [3.05, 3.63) is 0 Å². The van der Waals surface area contributed by atoms with Gasteiger partial charge in [-0.15, -0.1) is 0 Å². The van der Waals surface area contributed by atoms with E-state index < -0.39 is 0 Å². The van der Waals surface area contributed by atoms with Crippen LogP contribution in [0.5, 0.6) is 0 Å². The fraction of sp³-hybridized carbons (Fsp3) is 0.771. The Morgan fingerprint density at radius 1 is 0.456 bits per heavy atom. The van der Waals surface area contributed by atoms with E-state index in [2.05, 4.69) is 49.5 Å². The Morgan fingerprint density at radius 2 is 0.824 bits per heavy atom. The maximum atomic E-state index is 11.4. The van der Waals surface area contributed by atoms with Crippen molar-refractivity contribution >= 4 is 65.7 Å².